The summed E-state index contributed by atoms with van der Waals surface area (Å²) in [5, 5.41) is 14.1. The Morgan fingerprint density at radius 1 is 0.821 bits per heavy atom. The summed E-state index contributed by atoms with van der Waals surface area (Å²) in [4.78, 5) is 4.40. The Kier molecular flexibility index (Phi) is 4.18. The zero-order valence-electron chi connectivity index (χ0n) is 15.3. The lowest BCUT2D eigenvalue weighted by Crippen LogP contribution is -2.23. The molecular formula is C24H20N2O2. The minimum atomic E-state index is -0.641. The molecule has 3 aromatic carbocycles. The van der Waals surface area contributed by atoms with Crippen LogP contribution in [-0.2, 0) is 6.54 Å². The van der Waals surface area contributed by atoms with Crippen molar-refractivity contribution in [3.05, 3.63) is 85.1 Å². The van der Waals surface area contributed by atoms with Gasteiger partial charge in [-0.05, 0) is 24.3 Å². The summed E-state index contributed by atoms with van der Waals surface area (Å²) in [7, 11) is 0. The summed E-state index contributed by atoms with van der Waals surface area (Å²) < 4.78 is 8.09. The van der Waals surface area contributed by atoms with Gasteiger partial charge in [-0.3, -0.25) is 4.98 Å². The molecule has 0 amide bonds. The summed E-state index contributed by atoms with van der Waals surface area (Å²) in [6.07, 6.45) is 1.11. The molecule has 0 bridgehead atoms. The number of aliphatic hydroxyl groups excluding tert-OH is 1. The van der Waals surface area contributed by atoms with Crippen LogP contribution in [0.25, 0.3) is 32.7 Å². The number of benzene rings is 3. The average Bonchev–Trinajstić information content (AvgIpc) is 3.06. The van der Waals surface area contributed by atoms with E-state index in [1.54, 1.807) is 6.20 Å². The van der Waals surface area contributed by atoms with Crippen molar-refractivity contribution < 1.29 is 9.84 Å². The first-order valence-corrected chi connectivity index (χ1v) is 9.42. The molecule has 0 unspecified atom stereocenters. The molecule has 1 atom stereocenters. The summed E-state index contributed by atoms with van der Waals surface area (Å²) in [5.74, 6) is 0.694. The topological polar surface area (TPSA) is 47.3 Å². The fraction of sp³-hybridized carbons (Fsp3) is 0.125. The Hall–Kier alpha value is -3.37. The molecule has 1 N–H and O–H groups in total. The summed E-state index contributed by atoms with van der Waals surface area (Å²) in [5.41, 5.74) is 3.05. The van der Waals surface area contributed by atoms with Gasteiger partial charge in [-0.1, -0.05) is 54.6 Å². The summed E-state index contributed by atoms with van der Waals surface area (Å²) in [6, 6.07) is 26.3. The SMILES string of the molecule is O[C@H](COc1cccc2cccnc12)Cn1c2ccccc2c2ccccc21. The van der Waals surface area contributed by atoms with Gasteiger partial charge in [-0.25, -0.2) is 0 Å². The van der Waals surface area contributed by atoms with Crippen LogP contribution in [-0.4, -0.2) is 27.4 Å². The monoisotopic (exact) mass is 368 g/mol. The van der Waals surface area contributed by atoms with E-state index in [0.717, 1.165) is 21.9 Å². The standard InChI is InChI=1S/C24H20N2O2/c27-18(16-28-23-13-5-7-17-8-6-14-25-24(17)23)15-26-21-11-3-1-9-19(21)20-10-2-4-12-22(20)26/h1-14,18,27H,15-16H2/t18-/m0/s1. The van der Waals surface area contributed by atoms with Gasteiger partial charge in [0.05, 0.1) is 6.54 Å². The molecule has 0 fully saturated rings. The van der Waals surface area contributed by atoms with Gasteiger partial charge in [0, 0.05) is 33.4 Å². The van der Waals surface area contributed by atoms with Gasteiger partial charge in [0.1, 0.15) is 24.0 Å². The van der Waals surface area contributed by atoms with Crippen molar-refractivity contribution in [2.24, 2.45) is 0 Å². The molecule has 0 saturated heterocycles. The van der Waals surface area contributed by atoms with Crippen LogP contribution in [0.5, 0.6) is 5.75 Å². The van der Waals surface area contributed by atoms with Crippen molar-refractivity contribution >= 4 is 32.7 Å². The lowest BCUT2D eigenvalue weighted by atomic mass is 10.2. The van der Waals surface area contributed by atoms with Crippen LogP contribution in [0.15, 0.2) is 85.1 Å². The average molecular weight is 368 g/mol. The molecule has 0 aliphatic rings. The molecule has 138 valence electrons. The number of aliphatic hydroxyl groups is 1. The lowest BCUT2D eigenvalue weighted by Gasteiger charge is -2.15. The van der Waals surface area contributed by atoms with Crippen LogP contribution in [0.1, 0.15) is 0 Å². The molecule has 0 radical (unpaired) electrons. The Balaban J connectivity index is 1.42. The van der Waals surface area contributed by atoms with E-state index in [1.807, 2.05) is 54.6 Å². The first-order chi connectivity index (χ1) is 13.8. The molecule has 0 saturated carbocycles. The Bertz CT molecular complexity index is 1220. The van der Waals surface area contributed by atoms with E-state index in [9.17, 15) is 5.11 Å². The largest absolute Gasteiger partial charge is 0.489 e. The predicted molar refractivity (Wildman–Crippen MR) is 113 cm³/mol. The van der Waals surface area contributed by atoms with Gasteiger partial charge in [-0.2, -0.15) is 0 Å². The number of nitrogens with zero attached hydrogens (tertiary/aromatic N) is 2. The van der Waals surface area contributed by atoms with Gasteiger partial charge in [0.15, 0.2) is 0 Å². The number of para-hydroxylation sites is 3. The first-order valence-electron chi connectivity index (χ1n) is 9.42. The van der Waals surface area contributed by atoms with Gasteiger partial charge in [0.2, 0.25) is 0 Å². The van der Waals surface area contributed by atoms with E-state index >= 15 is 0 Å². The van der Waals surface area contributed by atoms with Crippen LogP contribution in [0.2, 0.25) is 0 Å². The van der Waals surface area contributed by atoms with Crippen LogP contribution < -0.4 is 4.74 Å². The molecule has 2 aromatic heterocycles. The van der Waals surface area contributed by atoms with E-state index in [0.29, 0.717) is 12.3 Å². The maximum atomic E-state index is 10.7. The van der Waals surface area contributed by atoms with Gasteiger partial charge in [-0.15, -0.1) is 0 Å². The fourth-order valence-corrected chi connectivity index (χ4v) is 3.84. The maximum absolute atomic E-state index is 10.7. The molecule has 5 aromatic rings. The Morgan fingerprint density at radius 2 is 1.50 bits per heavy atom. The van der Waals surface area contributed by atoms with Crippen LogP contribution in [0.3, 0.4) is 0 Å². The second kappa shape index (κ2) is 6.98. The third kappa shape index (κ3) is 2.88. The fourth-order valence-electron chi connectivity index (χ4n) is 3.84. The number of hydrogen-bond donors (Lipinski definition) is 1. The van der Waals surface area contributed by atoms with Crippen molar-refractivity contribution in [2.45, 2.75) is 12.6 Å². The molecule has 28 heavy (non-hydrogen) atoms. The second-order valence-electron chi connectivity index (χ2n) is 6.94. The highest BCUT2D eigenvalue weighted by molar-refractivity contribution is 6.07. The summed E-state index contributed by atoms with van der Waals surface area (Å²) in [6.45, 7) is 0.669. The van der Waals surface area contributed by atoms with E-state index in [2.05, 4.69) is 33.8 Å². The zero-order valence-corrected chi connectivity index (χ0v) is 15.3. The van der Waals surface area contributed by atoms with Crippen molar-refractivity contribution in [1.82, 2.24) is 9.55 Å². The van der Waals surface area contributed by atoms with Gasteiger partial charge < -0.3 is 14.4 Å². The highest BCUT2D eigenvalue weighted by Crippen LogP contribution is 2.29. The predicted octanol–water partition coefficient (Wildman–Crippen LogP) is 4.78. The number of pyridine rings is 1. The van der Waals surface area contributed by atoms with E-state index in [4.69, 9.17) is 4.74 Å². The minimum Gasteiger partial charge on any atom is -0.489 e. The molecule has 0 aliphatic heterocycles. The molecule has 2 heterocycles. The van der Waals surface area contributed by atoms with Crippen molar-refractivity contribution in [2.75, 3.05) is 6.61 Å². The third-order valence-electron chi connectivity index (χ3n) is 5.10. The second-order valence-corrected chi connectivity index (χ2v) is 6.94. The van der Waals surface area contributed by atoms with Crippen molar-refractivity contribution in [3.8, 4) is 5.75 Å². The number of rotatable bonds is 5. The van der Waals surface area contributed by atoms with Crippen LogP contribution in [0, 0.1) is 0 Å². The third-order valence-corrected chi connectivity index (χ3v) is 5.10. The Morgan fingerprint density at radius 3 is 2.25 bits per heavy atom. The smallest absolute Gasteiger partial charge is 0.145 e. The number of fused-ring (bicyclic) bond motifs is 4. The molecule has 4 heteroatoms. The zero-order chi connectivity index (χ0) is 18.9. The van der Waals surface area contributed by atoms with E-state index in [1.165, 1.54) is 10.8 Å². The normalized spacial score (nSPS) is 12.6. The number of ether oxygens (including phenoxy) is 1. The molecule has 0 aliphatic carbocycles. The van der Waals surface area contributed by atoms with Crippen LogP contribution >= 0.6 is 0 Å². The maximum Gasteiger partial charge on any atom is 0.145 e. The van der Waals surface area contributed by atoms with Gasteiger partial charge in [0.25, 0.3) is 0 Å². The quantitative estimate of drug-likeness (QED) is 0.485. The Labute approximate surface area is 162 Å². The minimum absolute atomic E-state index is 0.205. The summed E-state index contributed by atoms with van der Waals surface area (Å²) >= 11 is 0. The van der Waals surface area contributed by atoms with Crippen LogP contribution in [0.4, 0.5) is 0 Å². The molecule has 5 rings (SSSR count). The van der Waals surface area contributed by atoms with Crippen molar-refractivity contribution in [3.63, 3.8) is 0 Å². The molecular weight excluding hydrogens is 348 g/mol. The molecule has 0 spiro atoms. The van der Waals surface area contributed by atoms with Crippen molar-refractivity contribution in [1.29, 1.82) is 0 Å². The van der Waals surface area contributed by atoms with Gasteiger partial charge >= 0.3 is 0 Å². The van der Waals surface area contributed by atoms with E-state index in [-0.39, 0.29) is 6.61 Å². The lowest BCUT2D eigenvalue weighted by molar-refractivity contribution is 0.0951. The highest BCUT2D eigenvalue weighted by Gasteiger charge is 2.14. The number of aromatic nitrogens is 2. The highest BCUT2D eigenvalue weighted by atomic mass is 16.5. The number of hydrogen-bond acceptors (Lipinski definition) is 3. The molecule has 4 nitrogen and oxygen atoms in total. The first kappa shape index (κ1) is 16.8. The van der Waals surface area contributed by atoms with E-state index < -0.39 is 6.10 Å².